The second-order valence-corrected chi connectivity index (χ2v) is 4.41. The van der Waals surface area contributed by atoms with E-state index in [4.69, 9.17) is 14.2 Å². The molecule has 3 rings (SSSR count). The predicted octanol–water partition coefficient (Wildman–Crippen LogP) is 2.38. The Bertz CT molecular complexity index is 673. The zero-order valence-electron chi connectivity index (χ0n) is 11.6. The molecule has 0 saturated carbocycles. The van der Waals surface area contributed by atoms with Crippen LogP contribution in [0.4, 0.5) is 5.82 Å². The van der Waals surface area contributed by atoms with Crippen LogP contribution >= 0.6 is 0 Å². The number of pyridine rings is 1. The van der Waals surface area contributed by atoms with Gasteiger partial charge in [0.15, 0.2) is 11.5 Å². The molecule has 6 heteroatoms. The van der Waals surface area contributed by atoms with Crippen LogP contribution in [0.1, 0.15) is 22.1 Å². The Hall–Kier alpha value is -2.76. The average Bonchev–Trinajstić information content (AvgIpc) is 2.83. The highest BCUT2D eigenvalue weighted by molar-refractivity contribution is 5.98. The lowest BCUT2D eigenvalue weighted by Crippen LogP contribution is -2.11. The summed E-state index contributed by atoms with van der Waals surface area (Å²) in [6, 6.07) is 8.98. The van der Waals surface area contributed by atoms with E-state index in [2.05, 4.69) is 10.3 Å². The quantitative estimate of drug-likeness (QED) is 0.870. The van der Waals surface area contributed by atoms with Crippen molar-refractivity contribution in [2.45, 2.75) is 6.23 Å². The van der Waals surface area contributed by atoms with E-state index in [0.717, 1.165) is 0 Å². The lowest BCUT2D eigenvalue weighted by atomic mass is 10.1. The van der Waals surface area contributed by atoms with E-state index in [9.17, 15) is 4.79 Å². The molecule has 0 saturated heterocycles. The molecule has 1 aliphatic heterocycles. The van der Waals surface area contributed by atoms with Gasteiger partial charge in [0.1, 0.15) is 11.4 Å². The topological polar surface area (TPSA) is 69.7 Å². The van der Waals surface area contributed by atoms with Crippen LogP contribution < -0.4 is 14.8 Å². The third-order valence-electron chi connectivity index (χ3n) is 3.23. The van der Waals surface area contributed by atoms with Gasteiger partial charge in [-0.15, -0.1) is 0 Å². The van der Waals surface area contributed by atoms with Gasteiger partial charge in [-0.25, -0.2) is 9.78 Å². The lowest BCUT2D eigenvalue weighted by Gasteiger charge is -2.14. The number of esters is 1. The average molecular weight is 286 g/mol. The van der Waals surface area contributed by atoms with Crippen molar-refractivity contribution in [2.24, 2.45) is 0 Å². The molecule has 21 heavy (non-hydrogen) atoms. The second-order valence-electron chi connectivity index (χ2n) is 4.41. The van der Waals surface area contributed by atoms with Crippen molar-refractivity contribution in [3.05, 3.63) is 47.7 Å². The first kappa shape index (κ1) is 13.2. The molecule has 0 fully saturated rings. The number of aromatic nitrogens is 1. The summed E-state index contributed by atoms with van der Waals surface area (Å²) in [6.45, 7) is 0. The number of rotatable bonds is 4. The summed E-state index contributed by atoms with van der Waals surface area (Å²) in [6.07, 6.45) is 1.07. The molecular weight excluding hydrogens is 272 g/mol. The fourth-order valence-corrected chi connectivity index (χ4v) is 2.29. The third kappa shape index (κ3) is 2.24. The number of carbonyl (C=O) groups is 1. The summed E-state index contributed by atoms with van der Waals surface area (Å²) < 4.78 is 15.8. The van der Waals surface area contributed by atoms with E-state index in [1.807, 2.05) is 12.1 Å². The first-order valence-corrected chi connectivity index (χ1v) is 6.38. The Morgan fingerprint density at radius 1 is 1.19 bits per heavy atom. The lowest BCUT2D eigenvalue weighted by molar-refractivity contribution is 0.0434. The zero-order chi connectivity index (χ0) is 14.8. The first-order chi connectivity index (χ1) is 10.2. The van der Waals surface area contributed by atoms with Crippen molar-refractivity contribution in [3.8, 4) is 11.5 Å². The van der Waals surface area contributed by atoms with Gasteiger partial charge in [0.2, 0.25) is 6.23 Å². The molecule has 0 unspecified atom stereocenters. The number of benzene rings is 1. The number of anilines is 1. The Morgan fingerprint density at radius 3 is 2.71 bits per heavy atom. The number of hydrogen-bond donors (Lipinski definition) is 1. The molecule has 1 N–H and O–H groups in total. The van der Waals surface area contributed by atoms with Gasteiger partial charge >= 0.3 is 5.97 Å². The maximum Gasteiger partial charge on any atom is 0.344 e. The number of nitrogens with one attached hydrogen (secondary N) is 1. The molecule has 1 aromatic carbocycles. The van der Waals surface area contributed by atoms with Gasteiger partial charge in [-0.1, -0.05) is 6.07 Å². The SMILES string of the molecule is COc1ccc2c(c1OC)C(=O)O[C@H]2Nc1ccccn1. The van der Waals surface area contributed by atoms with E-state index in [1.54, 1.807) is 24.4 Å². The molecule has 2 aromatic rings. The number of methoxy groups -OCH3 is 2. The summed E-state index contributed by atoms with van der Waals surface area (Å²) in [5.74, 6) is 1.05. The normalized spacial score (nSPS) is 16.1. The number of nitrogens with zero attached hydrogens (tertiary/aromatic N) is 1. The molecule has 1 aromatic heterocycles. The highest BCUT2D eigenvalue weighted by Crippen LogP contribution is 2.41. The van der Waals surface area contributed by atoms with Crippen LogP contribution in [-0.2, 0) is 4.74 Å². The summed E-state index contributed by atoms with van der Waals surface area (Å²) in [5.41, 5.74) is 1.08. The molecule has 0 radical (unpaired) electrons. The fraction of sp³-hybridized carbons (Fsp3) is 0.200. The molecule has 2 heterocycles. The first-order valence-electron chi connectivity index (χ1n) is 6.38. The minimum absolute atomic E-state index is 0.380. The van der Waals surface area contributed by atoms with Crippen LogP contribution in [0.2, 0.25) is 0 Å². The molecule has 0 bridgehead atoms. The van der Waals surface area contributed by atoms with Crippen LogP contribution in [0.5, 0.6) is 11.5 Å². The second kappa shape index (κ2) is 5.32. The fourth-order valence-electron chi connectivity index (χ4n) is 2.29. The number of carbonyl (C=O) groups excluding carboxylic acids is 1. The maximum absolute atomic E-state index is 12.1. The van der Waals surface area contributed by atoms with Crippen LogP contribution in [0.3, 0.4) is 0 Å². The number of cyclic esters (lactones) is 1. The molecule has 1 aliphatic rings. The Labute approximate surface area is 121 Å². The summed E-state index contributed by atoms with van der Waals surface area (Å²) in [5, 5.41) is 3.07. The van der Waals surface area contributed by atoms with Crippen LogP contribution in [0.15, 0.2) is 36.5 Å². The number of fused-ring (bicyclic) bond motifs is 1. The van der Waals surface area contributed by atoms with Gasteiger partial charge in [0, 0.05) is 11.8 Å². The van der Waals surface area contributed by atoms with Crippen molar-refractivity contribution in [3.63, 3.8) is 0 Å². The predicted molar refractivity (Wildman–Crippen MR) is 75.6 cm³/mol. The minimum Gasteiger partial charge on any atom is -0.493 e. The van der Waals surface area contributed by atoms with Gasteiger partial charge in [-0.2, -0.15) is 0 Å². The summed E-state index contributed by atoms with van der Waals surface area (Å²) in [4.78, 5) is 16.3. The van der Waals surface area contributed by atoms with Gasteiger partial charge in [-0.3, -0.25) is 0 Å². The van der Waals surface area contributed by atoms with Crippen molar-refractivity contribution >= 4 is 11.8 Å². The minimum atomic E-state index is -0.595. The number of ether oxygens (including phenoxy) is 3. The molecule has 6 nitrogen and oxygen atoms in total. The van der Waals surface area contributed by atoms with E-state index >= 15 is 0 Å². The van der Waals surface area contributed by atoms with Gasteiger partial charge in [0.25, 0.3) is 0 Å². The van der Waals surface area contributed by atoms with E-state index < -0.39 is 12.2 Å². The number of hydrogen-bond acceptors (Lipinski definition) is 6. The Balaban J connectivity index is 1.99. The van der Waals surface area contributed by atoms with Crippen LogP contribution in [0, 0.1) is 0 Å². The molecule has 0 amide bonds. The van der Waals surface area contributed by atoms with Crippen LogP contribution in [0.25, 0.3) is 0 Å². The Morgan fingerprint density at radius 2 is 2.05 bits per heavy atom. The molecule has 1 atom stereocenters. The highest BCUT2D eigenvalue weighted by Gasteiger charge is 2.35. The highest BCUT2D eigenvalue weighted by atomic mass is 16.6. The molecule has 108 valence electrons. The molecular formula is C15H14N2O4. The van der Waals surface area contributed by atoms with Crippen molar-refractivity contribution in [1.82, 2.24) is 4.98 Å². The standard InChI is InChI=1S/C15H14N2O4/c1-19-10-7-6-9-12(13(10)20-2)15(18)21-14(9)17-11-5-3-4-8-16-11/h3-8,14H,1-2H3,(H,16,17)/t14-/m1/s1. The Kier molecular flexibility index (Phi) is 3.35. The van der Waals surface area contributed by atoms with Gasteiger partial charge < -0.3 is 19.5 Å². The third-order valence-corrected chi connectivity index (χ3v) is 3.23. The smallest absolute Gasteiger partial charge is 0.344 e. The van der Waals surface area contributed by atoms with E-state index in [-0.39, 0.29) is 0 Å². The van der Waals surface area contributed by atoms with Crippen LogP contribution in [-0.4, -0.2) is 25.2 Å². The van der Waals surface area contributed by atoms with Gasteiger partial charge in [0.05, 0.1) is 14.2 Å². The maximum atomic E-state index is 12.1. The van der Waals surface area contributed by atoms with Crippen molar-refractivity contribution in [1.29, 1.82) is 0 Å². The summed E-state index contributed by atoms with van der Waals surface area (Å²) >= 11 is 0. The summed E-state index contributed by atoms with van der Waals surface area (Å²) in [7, 11) is 3.01. The largest absolute Gasteiger partial charge is 0.493 e. The molecule has 0 aliphatic carbocycles. The zero-order valence-corrected chi connectivity index (χ0v) is 11.6. The van der Waals surface area contributed by atoms with E-state index in [1.165, 1.54) is 14.2 Å². The van der Waals surface area contributed by atoms with Gasteiger partial charge in [-0.05, 0) is 24.3 Å². The monoisotopic (exact) mass is 286 g/mol. The van der Waals surface area contributed by atoms with Crippen molar-refractivity contribution < 1.29 is 19.0 Å². The molecule has 0 spiro atoms. The van der Waals surface area contributed by atoms with Crippen molar-refractivity contribution in [2.75, 3.05) is 19.5 Å². The van der Waals surface area contributed by atoms with E-state index in [0.29, 0.717) is 28.4 Å².